The maximum atomic E-state index is 12.8. The number of halogens is 6. The Kier molecular flexibility index (Phi) is 4.08. The monoisotopic (exact) mass is 320 g/mol. The highest BCUT2D eigenvalue weighted by molar-refractivity contribution is 5.67. The van der Waals surface area contributed by atoms with Crippen LogP contribution in [0.2, 0.25) is 0 Å². The maximum Gasteiger partial charge on any atom is 0.573 e. The van der Waals surface area contributed by atoms with Gasteiger partial charge in [0.15, 0.2) is 0 Å². The lowest BCUT2D eigenvalue weighted by Gasteiger charge is -2.13. The topological polar surface area (TPSA) is 9.23 Å². The fraction of sp³-hybridized carbons (Fsp3) is 0.200. The summed E-state index contributed by atoms with van der Waals surface area (Å²) in [5.74, 6) is -0.486. The molecule has 1 nitrogen and oxygen atoms in total. The van der Waals surface area contributed by atoms with E-state index in [1.54, 1.807) is 0 Å². The van der Waals surface area contributed by atoms with E-state index in [9.17, 15) is 26.3 Å². The van der Waals surface area contributed by atoms with Crippen LogP contribution in [0, 0.1) is 6.92 Å². The van der Waals surface area contributed by atoms with Gasteiger partial charge in [-0.25, -0.2) is 0 Å². The Morgan fingerprint density at radius 3 is 2.09 bits per heavy atom. The van der Waals surface area contributed by atoms with Crippen LogP contribution in [-0.4, -0.2) is 6.36 Å². The molecule has 22 heavy (non-hydrogen) atoms. The Morgan fingerprint density at radius 1 is 0.818 bits per heavy atom. The van der Waals surface area contributed by atoms with Gasteiger partial charge in [0.25, 0.3) is 0 Å². The van der Waals surface area contributed by atoms with Crippen LogP contribution in [0.5, 0.6) is 5.75 Å². The zero-order valence-electron chi connectivity index (χ0n) is 11.2. The molecule has 0 aromatic heterocycles. The van der Waals surface area contributed by atoms with Crippen molar-refractivity contribution < 1.29 is 31.1 Å². The number of benzene rings is 2. The average Bonchev–Trinajstić information content (AvgIpc) is 2.35. The first kappa shape index (κ1) is 16.2. The van der Waals surface area contributed by atoms with Crippen LogP contribution < -0.4 is 4.74 Å². The second-order valence-corrected chi connectivity index (χ2v) is 4.66. The van der Waals surface area contributed by atoms with Crippen molar-refractivity contribution in [2.24, 2.45) is 0 Å². The molecule has 0 amide bonds. The quantitative estimate of drug-likeness (QED) is 0.656. The van der Waals surface area contributed by atoms with Gasteiger partial charge >= 0.3 is 12.5 Å². The van der Waals surface area contributed by atoms with Crippen molar-refractivity contribution in [2.45, 2.75) is 19.5 Å². The van der Waals surface area contributed by atoms with E-state index < -0.39 is 23.9 Å². The number of rotatable bonds is 2. The summed E-state index contributed by atoms with van der Waals surface area (Å²) >= 11 is 0. The van der Waals surface area contributed by atoms with Crippen LogP contribution in [0.25, 0.3) is 11.1 Å². The predicted molar refractivity (Wildman–Crippen MR) is 68.3 cm³/mol. The molecular weight excluding hydrogens is 310 g/mol. The summed E-state index contributed by atoms with van der Waals surface area (Å²) in [5.41, 5.74) is -0.132. The molecule has 7 heteroatoms. The summed E-state index contributed by atoms with van der Waals surface area (Å²) in [7, 11) is 0. The van der Waals surface area contributed by atoms with Crippen molar-refractivity contribution >= 4 is 0 Å². The minimum Gasteiger partial charge on any atom is -0.406 e. The van der Waals surface area contributed by atoms with Gasteiger partial charge in [-0.2, -0.15) is 13.2 Å². The molecule has 0 saturated carbocycles. The zero-order chi connectivity index (χ0) is 16.5. The lowest BCUT2D eigenvalue weighted by molar-refractivity contribution is -0.274. The first-order valence-corrected chi connectivity index (χ1v) is 6.10. The van der Waals surface area contributed by atoms with E-state index in [0.29, 0.717) is 5.56 Å². The highest BCUT2D eigenvalue weighted by Gasteiger charge is 2.32. The van der Waals surface area contributed by atoms with Crippen molar-refractivity contribution in [1.29, 1.82) is 0 Å². The number of ether oxygens (including phenoxy) is 1. The minimum absolute atomic E-state index is 0.167. The molecule has 0 heterocycles. The first-order valence-electron chi connectivity index (χ1n) is 6.10. The second-order valence-electron chi connectivity index (χ2n) is 4.66. The molecule has 0 bridgehead atoms. The van der Waals surface area contributed by atoms with E-state index in [1.165, 1.54) is 25.1 Å². The Balaban J connectivity index is 2.44. The molecule has 2 aromatic rings. The highest BCUT2D eigenvalue weighted by atomic mass is 19.4. The first-order chi connectivity index (χ1) is 10.0. The molecule has 0 fully saturated rings. The van der Waals surface area contributed by atoms with E-state index in [2.05, 4.69) is 4.74 Å². The zero-order valence-corrected chi connectivity index (χ0v) is 11.2. The third kappa shape index (κ3) is 4.16. The maximum absolute atomic E-state index is 12.8. The van der Waals surface area contributed by atoms with Crippen molar-refractivity contribution in [2.75, 3.05) is 0 Å². The van der Waals surface area contributed by atoms with Crippen LogP contribution in [0.4, 0.5) is 26.3 Å². The molecule has 0 aliphatic rings. The lowest BCUT2D eigenvalue weighted by Crippen LogP contribution is -2.17. The number of hydrogen-bond acceptors (Lipinski definition) is 1. The Labute approximate surface area is 122 Å². The summed E-state index contributed by atoms with van der Waals surface area (Å²) in [6, 6.07) is 8.14. The molecule has 118 valence electrons. The number of hydrogen-bond donors (Lipinski definition) is 0. The smallest absolute Gasteiger partial charge is 0.406 e. The molecule has 0 atom stereocenters. The molecule has 0 radical (unpaired) electrons. The van der Waals surface area contributed by atoms with E-state index >= 15 is 0 Å². The summed E-state index contributed by atoms with van der Waals surface area (Å²) in [6.07, 6.45) is -9.39. The third-order valence-corrected chi connectivity index (χ3v) is 2.81. The molecule has 0 spiro atoms. The molecule has 0 saturated heterocycles. The van der Waals surface area contributed by atoms with Gasteiger partial charge in [0.2, 0.25) is 0 Å². The molecule has 2 rings (SSSR count). The van der Waals surface area contributed by atoms with Crippen molar-refractivity contribution in [3.8, 4) is 16.9 Å². The fourth-order valence-electron chi connectivity index (χ4n) is 1.99. The van der Waals surface area contributed by atoms with E-state index in [1.807, 2.05) is 0 Å². The van der Waals surface area contributed by atoms with Crippen LogP contribution in [-0.2, 0) is 6.18 Å². The van der Waals surface area contributed by atoms with E-state index in [4.69, 9.17) is 0 Å². The van der Waals surface area contributed by atoms with E-state index in [0.717, 1.165) is 24.3 Å². The molecular formula is C15H10F6O. The van der Waals surface area contributed by atoms with Crippen LogP contribution in [0.3, 0.4) is 0 Å². The highest BCUT2D eigenvalue weighted by Crippen LogP contribution is 2.34. The van der Waals surface area contributed by atoms with Crippen molar-refractivity contribution in [3.63, 3.8) is 0 Å². The summed E-state index contributed by atoms with van der Waals surface area (Å²) in [5, 5.41) is 0. The van der Waals surface area contributed by atoms with Crippen LogP contribution >= 0.6 is 0 Å². The molecule has 0 aliphatic carbocycles. The van der Waals surface area contributed by atoms with Gasteiger partial charge in [-0.15, -0.1) is 13.2 Å². The molecule has 2 aromatic carbocycles. The van der Waals surface area contributed by atoms with Gasteiger partial charge in [-0.05, 0) is 47.9 Å². The normalized spacial score (nSPS) is 12.3. The van der Waals surface area contributed by atoms with Gasteiger partial charge in [-0.1, -0.05) is 18.2 Å². The Hall–Kier alpha value is -2.18. The van der Waals surface area contributed by atoms with Gasteiger partial charge < -0.3 is 4.74 Å². The predicted octanol–water partition coefficient (Wildman–Crippen LogP) is 5.58. The largest absolute Gasteiger partial charge is 0.573 e. The average molecular weight is 320 g/mol. The van der Waals surface area contributed by atoms with Crippen LogP contribution in [0.15, 0.2) is 42.5 Å². The minimum atomic E-state index is -4.86. The third-order valence-electron chi connectivity index (χ3n) is 2.81. The van der Waals surface area contributed by atoms with Crippen molar-refractivity contribution in [3.05, 3.63) is 53.6 Å². The SMILES string of the molecule is Cc1cc(-c2cccc(OC(F)(F)F)c2)cc(C(F)(F)F)c1. The van der Waals surface area contributed by atoms with Gasteiger partial charge in [0, 0.05) is 0 Å². The summed E-state index contributed by atoms with van der Waals surface area (Å²) in [4.78, 5) is 0. The van der Waals surface area contributed by atoms with Gasteiger partial charge in [0.05, 0.1) is 5.56 Å². The van der Waals surface area contributed by atoms with Gasteiger partial charge in [0.1, 0.15) is 5.75 Å². The standard InChI is InChI=1S/C15H10F6O/c1-9-5-11(7-12(6-9)14(16,17)18)10-3-2-4-13(8-10)22-15(19,20)21/h2-8H,1H3. The van der Waals surface area contributed by atoms with Crippen LogP contribution in [0.1, 0.15) is 11.1 Å². The van der Waals surface area contributed by atoms with Crippen molar-refractivity contribution in [1.82, 2.24) is 0 Å². The summed E-state index contributed by atoms with van der Waals surface area (Å²) in [6.45, 7) is 1.48. The second kappa shape index (κ2) is 5.55. The molecule has 0 aliphatic heterocycles. The lowest BCUT2D eigenvalue weighted by atomic mass is 10.00. The van der Waals surface area contributed by atoms with E-state index in [-0.39, 0.29) is 11.1 Å². The summed E-state index contributed by atoms with van der Waals surface area (Å²) < 4.78 is 78.7. The number of aryl methyl sites for hydroxylation is 1. The fourth-order valence-corrected chi connectivity index (χ4v) is 1.99. The number of alkyl halides is 6. The van der Waals surface area contributed by atoms with Gasteiger partial charge in [-0.3, -0.25) is 0 Å². The Morgan fingerprint density at radius 2 is 1.50 bits per heavy atom. The Bertz CT molecular complexity index is 672. The molecule has 0 N–H and O–H groups in total. The molecule has 0 unspecified atom stereocenters.